The highest BCUT2D eigenvalue weighted by molar-refractivity contribution is 7.99. The summed E-state index contributed by atoms with van der Waals surface area (Å²) < 4.78 is 6.70. The fourth-order valence-corrected chi connectivity index (χ4v) is 3.38. The zero-order valence-corrected chi connectivity index (χ0v) is 15.9. The van der Waals surface area contributed by atoms with E-state index in [0.29, 0.717) is 16.6 Å². The second kappa shape index (κ2) is 8.44. The molecule has 0 aliphatic rings. The first-order chi connectivity index (χ1) is 11.5. The molecule has 0 fully saturated rings. The van der Waals surface area contributed by atoms with Crippen molar-refractivity contribution >= 4 is 29.4 Å². The van der Waals surface area contributed by atoms with Crippen molar-refractivity contribution in [3.05, 3.63) is 35.0 Å². The number of benzene rings is 1. The van der Waals surface area contributed by atoms with Crippen LogP contribution >= 0.6 is 23.4 Å². The zero-order valence-electron chi connectivity index (χ0n) is 14.4. The van der Waals surface area contributed by atoms with Gasteiger partial charge in [0.2, 0.25) is 0 Å². The number of halogens is 1. The molecule has 0 aliphatic carbocycles. The maximum Gasteiger partial charge on any atom is 0.344 e. The molecule has 1 amide bonds. The van der Waals surface area contributed by atoms with Crippen LogP contribution in [0.15, 0.2) is 34.3 Å². The van der Waals surface area contributed by atoms with Gasteiger partial charge in [-0.3, -0.25) is 0 Å². The number of hydrogen-bond acceptors (Lipinski definition) is 4. The van der Waals surface area contributed by atoms with E-state index in [4.69, 9.17) is 16.3 Å². The Bertz CT molecular complexity index is 718. The molecule has 130 valence electrons. The average molecular weight is 368 g/mol. The van der Waals surface area contributed by atoms with E-state index in [-0.39, 0.29) is 6.03 Å². The van der Waals surface area contributed by atoms with Crippen molar-refractivity contribution in [3.63, 3.8) is 0 Å². The topological polar surface area (TPSA) is 47.4 Å². The predicted octanol–water partition coefficient (Wildman–Crippen LogP) is 4.70. The summed E-state index contributed by atoms with van der Waals surface area (Å²) >= 11 is 7.68. The molecule has 1 aromatic carbocycles. The summed E-state index contributed by atoms with van der Waals surface area (Å²) in [6.07, 6.45) is 3.55. The molecule has 2 aromatic rings. The standard InChI is InChI=1S/C17H22ClN3O2S/c1-5-6-10-20(3)17(22)21-11-13(18)16(19-21)24-15-12(2)8-7-9-14(15)23-4/h7-9,11H,5-6,10H2,1-4H3. The summed E-state index contributed by atoms with van der Waals surface area (Å²) in [7, 11) is 3.40. The van der Waals surface area contributed by atoms with Crippen molar-refractivity contribution in [1.82, 2.24) is 14.7 Å². The van der Waals surface area contributed by atoms with Gasteiger partial charge in [-0.2, -0.15) is 9.78 Å². The first-order valence-electron chi connectivity index (χ1n) is 7.80. The van der Waals surface area contributed by atoms with Crippen molar-refractivity contribution in [2.45, 2.75) is 36.6 Å². The van der Waals surface area contributed by atoms with E-state index in [1.807, 2.05) is 25.1 Å². The van der Waals surface area contributed by atoms with Crippen molar-refractivity contribution in [3.8, 4) is 5.75 Å². The third-order valence-electron chi connectivity index (χ3n) is 3.60. The van der Waals surface area contributed by atoms with E-state index in [9.17, 15) is 4.79 Å². The lowest BCUT2D eigenvalue weighted by molar-refractivity contribution is 0.206. The lowest BCUT2D eigenvalue weighted by Crippen LogP contribution is -2.32. The van der Waals surface area contributed by atoms with Crippen LogP contribution in [0.3, 0.4) is 0 Å². The Morgan fingerprint density at radius 2 is 2.21 bits per heavy atom. The van der Waals surface area contributed by atoms with Gasteiger partial charge >= 0.3 is 6.03 Å². The summed E-state index contributed by atoms with van der Waals surface area (Å²) in [6, 6.07) is 5.64. The Labute approximate surface area is 151 Å². The minimum atomic E-state index is -0.186. The molecule has 0 radical (unpaired) electrons. The highest BCUT2D eigenvalue weighted by Gasteiger charge is 2.18. The Hall–Kier alpha value is -1.66. The lowest BCUT2D eigenvalue weighted by Gasteiger charge is -2.15. The van der Waals surface area contributed by atoms with Crippen LogP contribution in [0.1, 0.15) is 25.3 Å². The maximum atomic E-state index is 12.4. The Kier molecular flexibility index (Phi) is 6.57. The number of hydrogen-bond donors (Lipinski definition) is 0. The molecule has 1 heterocycles. The maximum absolute atomic E-state index is 12.4. The summed E-state index contributed by atoms with van der Waals surface area (Å²) in [5, 5.41) is 5.38. The average Bonchev–Trinajstić information content (AvgIpc) is 2.94. The summed E-state index contributed by atoms with van der Waals surface area (Å²) in [5.41, 5.74) is 1.07. The molecular weight excluding hydrogens is 346 g/mol. The van der Waals surface area contributed by atoms with Gasteiger partial charge in [0.15, 0.2) is 0 Å². The number of rotatable bonds is 6. The molecule has 0 N–H and O–H groups in total. The Morgan fingerprint density at radius 3 is 2.88 bits per heavy atom. The molecule has 5 nitrogen and oxygen atoms in total. The quantitative estimate of drug-likeness (QED) is 0.742. The van der Waals surface area contributed by atoms with Crippen LogP contribution in [0.25, 0.3) is 0 Å². The fraction of sp³-hybridized carbons (Fsp3) is 0.412. The first kappa shape index (κ1) is 18.7. The molecule has 7 heteroatoms. The highest BCUT2D eigenvalue weighted by Crippen LogP contribution is 2.39. The lowest BCUT2D eigenvalue weighted by atomic mass is 10.2. The van der Waals surface area contributed by atoms with Crippen LogP contribution in [-0.2, 0) is 0 Å². The van der Waals surface area contributed by atoms with E-state index in [0.717, 1.165) is 29.1 Å². The van der Waals surface area contributed by atoms with Gasteiger partial charge in [0.1, 0.15) is 10.8 Å². The molecule has 0 aliphatic heterocycles. The van der Waals surface area contributed by atoms with Crippen molar-refractivity contribution in [2.75, 3.05) is 20.7 Å². The molecular formula is C17H22ClN3O2S. The number of ether oxygens (including phenoxy) is 1. The third kappa shape index (κ3) is 4.24. The van der Waals surface area contributed by atoms with Gasteiger partial charge in [0.25, 0.3) is 0 Å². The van der Waals surface area contributed by atoms with Gasteiger partial charge in [0.05, 0.1) is 23.2 Å². The van der Waals surface area contributed by atoms with Gasteiger partial charge in [-0.1, -0.05) is 48.8 Å². The largest absolute Gasteiger partial charge is 0.496 e. The van der Waals surface area contributed by atoms with E-state index >= 15 is 0 Å². The monoisotopic (exact) mass is 367 g/mol. The normalized spacial score (nSPS) is 10.7. The van der Waals surface area contributed by atoms with Gasteiger partial charge < -0.3 is 9.64 Å². The number of amides is 1. The molecule has 2 rings (SSSR count). The van der Waals surface area contributed by atoms with Crippen LogP contribution in [0.5, 0.6) is 5.75 Å². The van der Waals surface area contributed by atoms with E-state index in [1.54, 1.807) is 25.3 Å². The molecule has 0 spiro atoms. The molecule has 0 unspecified atom stereocenters. The second-order valence-corrected chi connectivity index (χ2v) is 6.90. The number of carbonyl (C=O) groups is 1. The predicted molar refractivity (Wildman–Crippen MR) is 97.4 cm³/mol. The molecule has 0 atom stereocenters. The third-order valence-corrected chi connectivity index (χ3v) is 5.21. The van der Waals surface area contributed by atoms with Crippen molar-refractivity contribution in [1.29, 1.82) is 0 Å². The summed E-state index contributed by atoms with van der Waals surface area (Å²) in [6.45, 7) is 4.79. The van der Waals surface area contributed by atoms with Gasteiger partial charge in [0, 0.05) is 13.6 Å². The number of aryl methyl sites for hydroxylation is 1. The van der Waals surface area contributed by atoms with E-state index in [1.165, 1.54) is 16.4 Å². The minimum Gasteiger partial charge on any atom is -0.496 e. The SMILES string of the molecule is CCCCN(C)C(=O)n1cc(Cl)c(Sc2c(C)cccc2OC)n1. The number of aromatic nitrogens is 2. The number of methoxy groups -OCH3 is 1. The number of unbranched alkanes of at least 4 members (excludes halogenated alkanes) is 1. The van der Waals surface area contributed by atoms with Gasteiger partial charge in [-0.05, 0) is 25.0 Å². The second-order valence-electron chi connectivity index (χ2n) is 5.49. The van der Waals surface area contributed by atoms with Crippen LogP contribution in [0.4, 0.5) is 4.79 Å². The Balaban J connectivity index is 2.22. The molecule has 0 bridgehead atoms. The van der Waals surface area contributed by atoms with Crippen molar-refractivity contribution < 1.29 is 9.53 Å². The number of nitrogens with zero attached hydrogens (tertiary/aromatic N) is 3. The van der Waals surface area contributed by atoms with Crippen LogP contribution in [-0.4, -0.2) is 41.4 Å². The summed E-state index contributed by atoms with van der Waals surface area (Å²) in [5.74, 6) is 0.761. The highest BCUT2D eigenvalue weighted by atomic mass is 35.5. The van der Waals surface area contributed by atoms with Gasteiger partial charge in [-0.25, -0.2) is 4.79 Å². The molecule has 0 saturated carbocycles. The number of carbonyl (C=O) groups excluding carboxylic acids is 1. The van der Waals surface area contributed by atoms with Crippen LogP contribution < -0.4 is 4.74 Å². The molecule has 24 heavy (non-hydrogen) atoms. The van der Waals surface area contributed by atoms with Crippen molar-refractivity contribution in [2.24, 2.45) is 0 Å². The summed E-state index contributed by atoms with van der Waals surface area (Å²) in [4.78, 5) is 15.0. The molecule has 0 saturated heterocycles. The van der Waals surface area contributed by atoms with Crippen LogP contribution in [0.2, 0.25) is 5.02 Å². The zero-order chi connectivity index (χ0) is 17.7. The first-order valence-corrected chi connectivity index (χ1v) is 8.99. The fourth-order valence-electron chi connectivity index (χ4n) is 2.18. The minimum absolute atomic E-state index is 0.186. The van der Waals surface area contributed by atoms with Crippen LogP contribution in [0, 0.1) is 6.92 Å². The van der Waals surface area contributed by atoms with Gasteiger partial charge in [-0.15, -0.1) is 0 Å². The van der Waals surface area contributed by atoms with E-state index in [2.05, 4.69) is 12.0 Å². The molecule has 1 aromatic heterocycles. The smallest absolute Gasteiger partial charge is 0.344 e. The Morgan fingerprint density at radius 1 is 1.46 bits per heavy atom. The van der Waals surface area contributed by atoms with E-state index < -0.39 is 0 Å².